The minimum absolute atomic E-state index is 0.00941. The van der Waals surface area contributed by atoms with Crippen molar-refractivity contribution in [1.29, 1.82) is 0 Å². The van der Waals surface area contributed by atoms with E-state index in [1.54, 1.807) is 62.4 Å². The lowest BCUT2D eigenvalue weighted by Gasteiger charge is -2.11. The highest BCUT2D eigenvalue weighted by molar-refractivity contribution is 7.89. The summed E-state index contributed by atoms with van der Waals surface area (Å²) in [6.45, 7) is 5.90. The lowest BCUT2D eigenvalue weighted by atomic mass is 10.1. The molecule has 0 aliphatic rings. The van der Waals surface area contributed by atoms with E-state index in [1.807, 2.05) is 6.92 Å². The minimum atomic E-state index is -3.72. The third-order valence-corrected chi connectivity index (χ3v) is 6.28. The van der Waals surface area contributed by atoms with Crippen LogP contribution in [0, 0.1) is 0 Å². The van der Waals surface area contributed by atoms with Crippen molar-refractivity contribution in [3.63, 3.8) is 0 Å². The smallest absolute Gasteiger partial charge is 0.255 e. The van der Waals surface area contributed by atoms with Crippen LogP contribution in [-0.2, 0) is 10.0 Å². The van der Waals surface area contributed by atoms with Crippen molar-refractivity contribution in [1.82, 2.24) is 4.72 Å². The fraction of sp³-hybridized carbons (Fsp3) is 0.200. The quantitative estimate of drug-likeness (QED) is 0.422. The number of amides is 2. The van der Waals surface area contributed by atoms with Gasteiger partial charge in [-0.15, -0.1) is 0 Å². The molecule has 34 heavy (non-hydrogen) atoms. The molecule has 3 aromatic rings. The van der Waals surface area contributed by atoms with Crippen LogP contribution < -0.4 is 20.1 Å². The number of carbonyl (C=O) groups is 2. The van der Waals surface area contributed by atoms with Crippen molar-refractivity contribution in [2.75, 3.05) is 17.2 Å². The molecule has 0 aliphatic carbocycles. The van der Waals surface area contributed by atoms with Gasteiger partial charge in [0.05, 0.1) is 11.5 Å². The summed E-state index contributed by atoms with van der Waals surface area (Å²) in [5.74, 6) is -0.0364. The Morgan fingerprint density at radius 1 is 0.824 bits per heavy atom. The van der Waals surface area contributed by atoms with Crippen LogP contribution in [0.25, 0.3) is 0 Å². The Hall–Kier alpha value is -3.69. The van der Waals surface area contributed by atoms with Crippen LogP contribution in [0.4, 0.5) is 11.4 Å². The van der Waals surface area contributed by atoms with Crippen molar-refractivity contribution in [3.05, 3.63) is 83.9 Å². The molecule has 0 radical (unpaired) electrons. The molecule has 3 aromatic carbocycles. The van der Waals surface area contributed by atoms with E-state index in [-0.39, 0.29) is 22.4 Å². The molecule has 9 heteroatoms. The standard InChI is InChI=1S/C25H27N3O5S/c1-4-33-22-14-12-21(13-15-22)26-24(29)18-8-10-20(11-9-18)27-25(30)19-6-5-7-23(16-19)34(31,32)28-17(2)3/h5-17,28H,4H2,1-3H3,(H,26,29)(H,27,30). The molecule has 0 fully saturated rings. The second-order valence-electron chi connectivity index (χ2n) is 7.75. The van der Waals surface area contributed by atoms with Gasteiger partial charge in [0.25, 0.3) is 11.8 Å². The van der Waals surface area contributed by atoms with Crippen LogP contribution in [0.2, 0.25) is 0 Å². The first-order valence-electron chi connectivity index (χ1n) is 10.8. The Bertz CT molecular complexity index is 1250. The summed E-state index contributed by atoms with van der Waals surface area (Å²) in [7, 11) is -3.72. The number of hydrogen-bond acceptors (Lipinski definition) is 5. The number of carbonyl (C=O) groups excluding carboxylic acids is 2. The molecule has 178 valence electrons. The Labute approximate surface area is 199 Å². The van der Waals surface area contributed by atoms with Gasteiger partial charge in [-0.1, -0.05) is 6.07 Å². The third kappa shape index (κ3) is 6.66. The Balaban J connectivity index is 1.64. The van der Waals surface area contributed by atoms with Gasteiger partial charge >= 0.3 is 0 Å². The number of nitrogens with one attached hydrogen (secondary N) is 3. The summed E-state index contributed by atoms with van der Waals surface area (Å²) in [6, 6.07) is 19.0. The van der Waals surface area contributed by atoms with Crippen LogP contribution in [0.1, 0.15) is 41.5 Å². The molecule has 0 saturated carbocycles. The molecular formula is C25H27N3O5S. The average Bonchev–Trinajstić information content (AvgIpc) is 2.80. The Kier molecular flexibility index (Phi) is 8.04. The number of ether oxygens (including phenoxy) is 1. The van der Waals surface area contributed by atoms with Crippen molar-refractivity contribution < 1.29 is 22.7 Å². The SMILES string of the molecule is CCOc1ccc(NC(=O)c2ccc(NC(=O)c3cccc(S(=O)(=O)NC(C)C)c3)cc2)cc1. The van der Waals surface area contributed by atoms with Crippen molar-refractivity contribution in [2.24, 2.45) is 0 Å². The van der Waals surface area contributed by atoms with E-state index >= 15 is 0 Å². The average molecular weight is 482 g/mol. The molecule has 0 heterocycles. The van der Waals surface area contributed by atoms with E-state index in [4.69, 9.17) is 4.74 Å². The monoisotopic (exact) mass is 481 g/mol. The molecule has 0 atom stereocenters. The number of anilines is 2. The second-order valence-corrected chi connectivity index (χ2v) is 9.46. The maximum absolute atomic E-state index is 12.6. The zero-order valence-corrected chi connectivity index (χ0v) is 20.0. The van der Waals surface area contributed by atoms with Gasteiger partial charge in [0.1, 0.15) is 5.75 Å². The van der Waals surface area contributed by atoms with Gasteiger partial charge in [-0.25, -0.2) is 13.1 Å². The summed E-state index contributed by atoms with van der Waals surface area (Å²) in [6.07, 6.45) is 0. The first-order chi connectivity index (χ1) is 16.2. The first-order valence-corrected chi connectivity index (χ1v) is 12.2. The predicted molar refractivity (Wildman–Crippen MR) is 132 cm³/mol. The summed E-state index contributed by atoms with van der Waals surface area (Å²) < 4.78 is 32.6. The highest BCUT2D eigenvalue weighted by atomic mass is 32.2. The molecule has 2 amide bonds. The van der Waals surface area contributed by atoms with E-state index in [1.165, 1.54) is 24.3 Å². The van der Waals surface area contributed by atoms with E-state index in [0.29, 0.717) is 23.5 Å². The molecular weight excluding hydrogens is 454 g/mol. The normalized spacial score (nSPS) is 11.2. The molecule has 0 bridgehead atoms. The van der Waals surface area contributed by atoms with Crippen molar-refractivity contribution >= 4 is 33.2 Å². The Morgan fingerprint density at radius 2 is 1.38 bits per heavy atom. The van der Waals surface area contributed by atoms with Crippen molar-refractivity contribution in [2.45, 2.75) is 31.7 Å². The predicted octanol–water partition coefficient (Wildman–Crippen LogP) is 4.28. The molecule has 0 aromatic heterocycles. The third-order valence-electron chi connectivity index (χ3n) is 4.63. The zero-order chi connectivity index (χ0) is 24.7. The lowest BCUT2D eigenvalue weighted by molar-refractivity contribution is 0.101. The van der Waals surface area contributed by atoms with Gasteiger partial charge < -0.3 is 15.4 Å². The van der Waals surface area contributed by atoms with Gasteiger partial charge in [0.2, 0.25) is 10.0 Å². The van der Waals surface area contributed by atoms with Crippen LogP contribution in [0.5, 0.6) is 5.75 Å². The summed E-state index contributed by atoms with van der Waals surface area (Å²) >= 11 is 0. The molecule has 3 N–H and O–H groups in total. The number of rotatable bonds is 9. The van der Waals surface area contributed by atoms with Gasteiger partial charge in [-0.3, -0.25) is 9.59 Å². The maximum Gasteiger partial charge on any atom is 0.255 e. The van der Waals surface area contributed by atoms with Crippen LogP contribution in [0.15, 0.2) is 77.7 Å². The zero-order valence-electron chi connectivity index (χ0n) is 19.2. The Morgan fingerprint density at radius 3 is 1.94 bits per heavy atom. The summed E-state index contributed by atoms with van der Waals surface area (Å²) in [4.78, 5) is 25.1. The van der Waals surface area contributed by atoms with E-state index < -0.39 is 15.9 Å². The largest absolute Gasteiger partial charge is 0.494 e. The first kappa shape index (κ1) is 24.9. The van der Waals surface area contributed by atoms with Gasteiger partial charge in [0.15, 0.2) is 0 Å². The number of benzene rings is 3. The molecule has 0 spiro atoms. The molecule has 0 saturated heterocycles. The fourth-order valence-electron chi connectivity index (χ4n) is 3.10. The van der Waals surface area contributed by atoms with E-state index in [2.05, 4.69) is 15.4 Å². The highest BCUT2D eigenvalue weighted by Crippen LogP contribution is 2.18. The van der Waals surface area contributed by atoms with Crippen molar-refractivity contribution in [3.8, 4) is 5.75 Å². The van der Waals surface area contributed by atoms with Gasteiger partial charge in [-0.05, 0) is 87.5 Å². The van der Waals surface area contributed by atoms with Gasteiger partial charge in [0, 0.05) is 28.5 Å². The lowest BCUT2D eigenvalue weighted by Crippen LogP contribution is -2.30. The number of sulfonamides is 1. The van der Waals surface area contributed by atoms with Crippen LogP contribution in [-0.4, -0.2) is 32.9 Å². The fourth-order valence-corrected chi connectivity index (χ4v) is 4.39. The van der Waals surface area contributed by atoms with E-state index in [9.17, 15) is 18.0 Å². The van der Waals surface area contributed by atoms with Crippen LogP contribution >= 0.6 is 0 Å². The van der Waals surface area contributed by atoms with Crippen LogP contribution in [0.3, 0.4) is 0 Å². The summed E-state index contributed by atoms with van der Waals surface area (Å²) in [5.41, 5.74) is 1.72. The topological polar surface area (TPSA) is 114 Å². The van der Waals surface area contributed by atoms with E-state index in [0.717, 1.165) is 5.75 Å². The highest BCUT2D eigenvalue weighted by Gasteiger charge is 2.17. The summed E-state index contributed by atoms with van der Waals surface area (Å²) in [5, 5.41) is 5.51. The molecule has 3 rings (SSSR count). The second kappa shape index (κ2) is 11.0. The molecule has 0 unspecified atom stereocenters. The maximum atomic E-state index is 12.6. The number of hydrogen-bond donors (Lipinski definition) is 3. The minimum Gasteiger partial charge on any atom is -0.494 e. The molecule has 8 nitrogen and oxygen atoms in total. The van der Waals surface area contributed by atoms with Gasteiger partial charge in [-0.2, -0.15) is 0 Å². The molecule has 0 aliphatic heterocycles.